The number of alkyl halides is 3. The minimum absolute atomic E-state index is 0.273. The molecule has 8 heteroatoms. The van der Waals surface area contributed by atoms with Crippen LogP contribution in [0.4, 0.5) is 18.9 Å². The van der Waals surface area contributed by atoms with Crippen LogP contribution in [-0.2, 0) is 11.3 Å². The molecule has 0 bridgehead atoms. The van der Waals surface area contributed by atoms with Crippen molar-refractivity contribution >= 4 is 11.6 Å². The standard InChI is InChI=1S/C19H21F3N2O3/c1-13(24(2)12-14-5-4-6-17(11-14)26-3)18(25)23-15-7-9-16(10-8-15)27-19(20,21)22/h4-11,13H,12H2,1-3H3,(H,23,25). The van der Waals surface area contributed by atoms with E-state index in [0.717, 1.165) is 23.4 Å². The number of hydrogen-bond acceptors (Lipinski definition) is 4. The monoisotopic (exact) mass is 382 g/mol. The van der Waals surface area contributed by atoms with Gasteiger partial charge in [0.15, 0.2) is 0 Å². The third-order valence-electron chi connectivity index (χ3n) is 3.96. The molecule has 1 N–H and O–H groups in total. The molecule has 146 valence electrons. The first-order valence-electron chi connectivity index (χ1n) is 8.18. The van der Waals surface area contributed by atoms with Gasteiger partial charge in [-0.15, -0.1) is 13.2 Å². The van der Waals surface area contributed by atoms with Crippen LogP contribution in [0.25, 0.3) is 0 Å². The van der Waals surface area contributed by atoms with Crippen LogP contribution < -0.4 is 14.8 Å². The fraction of sp³-hybridized carbons (Fsp3) is 0.316. The lowest BCUT2D eigenvalue weighted by molar-refractivity contribution is -0.274. The zero-order valence-electron chi connectivity index (χ0n) is 15.2. The lowest BCUT2D eigenvalue weighted by Gasteiger charge is -2.24. The summed E-state index contributed by atoms with van der Waals surface area (Å²) in [5.41, 5.74) is 1.38. The van der Waals surface area contributed by atoms with E-state index in [-0.39, 0.29) is 11.7 Å². The van der Waals surface area contributed by atoms with E-state index in [9.17, 15) is 18.0 Å². The number of ether oxygens (including phenoxy) is 2. The average Bonchev–Trinajstić information content (AvgIpc) is 2.61. The Balaban J connectivity index is 1.94. The van der Waals surface area contributed by atoms with Crippen molar-refractivity contribution in [3.63, 3.8) is 0 Å². The third kappa shape index (κ3) is 6.49. The highest BCUT2D eigenvalue weighted by Crippen LogP contribution is 2.24. The molecule has 1 atom stereocenters. The molecular formula is C19H21F3N2O3. The van der Waals surface area contributed by atoms with Gasteiger partial charge in [-0.25, -0.2) is 0 Å². The molecule has 27 heavy (non-hydrogen) atoms. The SMILES string of the molecule is COc1cccc(CN(C)C(C)C(=O)Nc2ccc(OC(F)(F)F)cc2)c1. The molecule has 0 aromatic heterocycles. The summed E-state index contributed by atoms with van der Waals surface area (Å²) in [6, 6.07) is 12.1. The maximum Gasteiger partial charge on any atom is 0.573 e. The van der Waals surface area contributed by atoms with E-state index in [4.69, 9.17) is 4.74 Å². The molecular weight excluding hydrogens is 361 g/mol. The number of benzene rings is 2. The van der Waals surface area contributed by atoms with E-state index in [1.165, 1.54) is 12.1 Å². The molecule has 2 rings (SSSR count). The molecule has 0 heterocycles. The predicted octanol–water partition coefficient (Wildman–Crippen LogP) is 4.05. The maximum atomic E-state index is 12.4. The van der Waals surface area contributed by atoms with Gasteiger partial charge < -0.3 is 14.8 Å². The van der Waals surface area contributed by atoms with Gasteiger partial charge in [-0.05, 0) is 55.9 Å². The Morgan fingerprint density at radius 1 is 1.15 bits per heavy atom. The second kappa shape index (κ2) is 8.77. The second-order valence-corrected chi connectivity index (χ2v) is 6.00. The summed E-state index contributed by atoms with van der Waals surface area (Å²) in [5, 5.41) is 2.68. The number of amides is 1. The molecule has 5 nitrogen and oxygen atoms in total. The van der Waals surface area contributed by atoms with Crippen molar-refractivity contribution in [1.29, 1.82) is 0 Å². The fourth-order valence-corrected chi connectivity index (χ4v) is 2.38. The van der Waals surface area contributed by atoms with Crippen LogP contribution in [0.15, 0.2) is 48.5 Å². The Morgan fingerprint density at radius 3 is 2.41 bits per heavy atom. The number of nitrogens with one attached hydrogen (secondary N) is 1. The molecule has 0 saturated heterocycles. The molecule has 2 aromatic carbocycles. The number of halogens is 3. The van der Waals surface area contributed by atoms with Crippen molar-refractivity contribution in [3.8, 4) is 11.5 Å². The van der Waals surface area contributed by atoms with Crippen molar-refractivity contribution in [3.05, 3.63) is 54.1 Å². The number of carbonyl (C=O) groups is 1. The van der Waals surface area contributed by atoms with Crippen molar-refractivity contribution in [2.45, 2.75) is 25.9 Å². The summed E-state index contributed by atoms with van der Waals surface area (Å²) in [6.07, 6.45) is -4.75. The molecule has 0 fully saturated rings. The summed E-state index contributed by atoms with van der Waals surface area (Å²) in [6.45, 7) is 2.28. The van der Waals surface area contributed by atoms with Gasteiger partial charge in [0, 0.05) is 12.2 Å². The van der Waals surface area contributed by atoms with Crippen molar-refractivity contribution in [2.75, 3.05) is 19.5 Å². The van der Waals surface area contributed by atoms with Crippen molar-refractivity contribution < 1.29 is 27.4 Å². The molecule has 0 saturated carbocycles. The molecule has 0 aliphatic carbocycles. The molecule has 1 amide bonds. The van der Waals surface area contributed by atoms with Crippen LogP contribution in [-0.4, -0.2) is 37.4 Å². The Morgan fingerprint density at radius 2 is 1.81 bits per heavy atom. The van der Waals surface area contributed by atoms with E-state index in [1.807, 2.05) is 36.2 Å². The quantitative estimate of drug-likeness (QED) is 0.785. The smallest absolute Gasteiger partial charge is 0.497 e. The van der Waals surface area contributed by atoms with Gasteiger partial charge in [-0.2, -0.15) is 0 Å². The Labute approximate surface area is 155 Å². The number of anilines is 1. The summed E-state index contributed by atoms with van der Waals surface area (Å²) in [5.74, 6) is 0.118. The topological polar surface area (TPSA) is 50.8 Å². The van der Waals surface area contributed by atoms with E-state index >= 15 is 0 Å². The number of likely N-dealkylation sites (N-methyl/N-ethyl adjacent to an activating group) is 1. The average molecular weight is 382 g/mol. The highest BCUT2D eigenvalue weighted by molar-refractivity contribution is 5.94. The first-order chi connectivity index (χ1) is 12.7. The summed E-state index contributed by atoms with van der Waals surface area (Å²) < 4.78 is 45.5. The van der Waals surface area contributed by atoms with Crippen LogP contribution in [0.2, 0.25) is 0 Å². The number of methoxy groups -OCH3 is 1. The van der Waals surface area contributed by atoms with Gasteiger partial charge >= 0.3 is 6.36 Å². The Hall–Kier alpha value is -2.74. The van der Waals surface area contributed by atoms with Gasteiger partial charge in [0.2, 0.25) is 5.91 Å². The third-order valence-corrected chi connectivity index (χ3v) is 3.96. The fourth-order valence-electron chi connectivity index (χ4n) is 2.38. The van der Waals surface area contributed by atoms with Crippen LogP contribution in [0.1, 0.15) is 12.5 Å². The van der Waals surface area contributed by atoms with Crippen molar-refractivity contribution in [1.82, 2.24) is 4.90 Å². The number of carbonyl (C=O) groups excluding carboxylic acids is 1. The zero-order chi connectivity index (χ0) is 20.0. The van der Waals surface area contributed by atoms with E-state index in [1.54, 1.807) is 14.0 Å². The summed E-state index contributed by atoms with van der Waals surface area (Å²) in [7, 11) is 3.40. The molecule has 0 radical (unpaired) electrons. The van der Waals surface area contributed by atoms with Gasteiger partial charge in [-0.1, -0.05) is 12.1 Å². The molecule has 0 spiro atoms. The van der Waals surface area contributed by atoms with E-state index < -0.39 is 12.4 Å². The Bertz CT molecular complexity index is 764. The predicted molar refractivity (Wildman–Crippen MR) is 95.7 cm³/mol. The second-order valence-electron chi connectivity index (χ2n) is 6.00. The molecule has 0 aliphatic heterocycles. The first kappa shape index (κ1) is 20.6. The number of hydrogen-bond donors (Lipinski definition) is 1. The lowest BCUT2D eigenvalue weighted by Crippen LogP contribution is -2.39. The van der Waals surface area contributed by atoms with Crippen molar-refractivity contribution in [2.24, 2.45) is 0 Å². The molecule has 0 aliphatic rings. The van der Waals surface area contributed by atoms with Crippen LogP contribution in [0.3, 0.4) is 0 Å². The Kier molecular flexibility index (Phi) is 6.68. The highest BCUT2D eigenvalue weighted by atomic mass is 19.4. The maximum absolute atomic E-state index is 12.4. The number of rotatable bonds is 7. The van der Waals surface area contributed by atoms with Crippen LogP contribution >= 0.6 is 0 Å². The van der Waals surface area contributed by atoms with E-state index in [0.29, 0.717) is 12.2 Å². The minimum Gasteiger partial charge on any atom is -0.497 e. The number of nitrogens with zero attached hydrogens (tertiary/aromatic N) is 1. The zero-order valence-corrected chi connectivity index (χ0v) is 15.2. The van der Waals surface area contributed by atoms with Gasteiger partial charge in [-0.3, -0.25) is 9.69 Å². The van der Waals surface area contributed by atoms with Gasteiger partial charge in [0.25, 0.3) is 0 Å². The summed E-state index contributed by atoms with van der Waals surface area (Å²) >= 11 is 0. The largest absolute Gasteiger partial charge is 0.573 e. The highest BCUT2D eigenvalue weighted by Gasteiger charge is 2.31. The van der Waals surface area contributed by atoms with Crippen LogP contribution in [0, 0.1) is 0 Å². The van der Waals surface area contributed by atoms with E-state index in [2.05, 4.69) is 10.1 Å². The first-order valence-corrected chi connectivity index (χ1v) is 8.18. The normalized spacial score (nSPS) is 12.6. The van der Waals surface area contributed by atoms with Gasteiger partial charge in [0.1, 0.15) is 11.5 Å². The minimum atomic E-state index is -4.75. The van der Waals surface area contributed by atoms with Gasteiger partial charge in [0.05, 0.1) is 13.2 Å². The lowest BCUT2D eigenvalue weighted by atomic mass is 10.1. The van der Waals surface area contributed by atoms with Crippen LogP contribution in [0.5, 0.6) is 11.5 Å². The summed E-state index contributed by atoms with van der Waals surface area (Å²) in [4.78, 5) is 14.2. The molecule has 2 aromatic rings. The molecule has 1 unspecified atom stereocenters.